The van der Waals surface area contributed by atoms with Crippen molar-refractivity contribution in [2.75, 3.05) is 0 Å². The van der Waals surface area contributed by atoms with Crippen molar-refractivity contribution < 1.29 is 0 Å². The van der Waals surface area contributed by atoms with Crippen LogP contribution in [0, 0.1) is 6.92 Å². The molecule has 2 rings (SSSR count). The maximum Gasteiger partial charge on any atom is 0.0522 e. The summed E-state index contributed by atoms with van der Waals surface area (Å²) in [5.74, 6) is 5.59. The lowest BCUT2D eigenvalue weighted by molar-refractivity contribution is 0.550. The van der Waals surface area contributed by atoms with Crippen molar-refractivity contribution in [2.45, 2.75) is 19.4 Å². The fraction of sp³-hybridized carbons (Fsp3) is 0.333. The van der Waals surface area contributed by atoms with E-state index in [9.17, 15) is 0 Å². The topological polar surface area (TPSA) is 68.8 Å². The second-order valence-corrected chi connectivity index (χ2v) is 4.18. The molecule has 0 aliphatic rings. The number of aromatic nitrogens is 3. The van der Waals surface area contributed by atoms with Crippen LogP contribution in [0.25, 0.3) is 0 Å². The molecule has 0 fully saturated rings. The molecular weight excluding hydrogens is 214 g/mol. The Morgan fingerprint density at radius 1 is 1.41 bits per heavy atom. The number of nitrogens with one attached hydrogen (secondary N) is 1. The van der Waals surface area contributed by atoms with E-state index in [-0.39, 0.29) is 6.04 Å². The van der Waals surface area contributed by atoms with Gasteiger partial charge in [0.1, 0.15) is 0 Å². The summed E-state index contributed by atoms with van der Waals surface area (Å²) in [5.41, 5.74) is 6.06. The highest BCUT2D eigenvalue weighted by Gasteiger charge is 2.11. The van der Waals surface area contributed by atoms with Crippen LogP contribution in [0.2, 0.25) is 0 Å². The van der Waals surface area contributed by atoms with Crippen LogP contribution in [-0.2, 0) is 13.5 Å². The summed E-state index contributed by atoms with van der Waals surface area (Å²) in [6.45, 7) is 1.97. The third kappa shape index (κ3) is 2.89. The number of rotatable bonds is 4. The fourth-order valence-electron chi connectivity index (χ4n) is 1.77. The molecule has 0 amide bonds. The third-order valence-electron chi connectivity index (χ3n) is 2.74. The van der Waals surface area contributed by atoms with Crippen LogP contribution in [-0.4, -0.2) is 14.8 Å². The summed E-state index contributed by atoms with van der Waals surface area (Å²) < 4.78 is 1.79. The largest absolute Gasteiger partial charge is 0.276 e. The number of hydrazine groups is 1. The van der Waals surface area contributed by atoms with E-state index in [1.165, 1.54) is 0 Å². The second-order valence-electron chi connectivity index (χ2n) is 4.18. The summed E-state index contributed by atoms with van der Waals surface area (Å²) in [5, 5.41) is 4.14. The van der Waals surface area contributed by atoms with Gasteiger partial charge in [0.15, 0.2) is 0 Å². The minimum atomic E-state index is 0.0623. The van der Waals surface area contributed by atoms with Crippen molar-refractivity contribution in [3.05, 3.63) is 47.5 Å². The number of pyridine rings is 1. The molecule has 17 heavy (non-hydrogen) atoms. The molecule has 3 N–H and O–H groups in total. The lowest BCUT2D eigenvalue weighted by atomic mass is 10.0. The normalized spacial score (nSPS) is 12.6. The Balaban J connectivity index is 2.13. The van der Waals surface area contributed by atoms with Gasteiger partial charge in [-0.25, -0.2) is 0 Å². The van der Waals surface area contributed by atoms with E-state index in [2.05, 4.69) is 15.5 Å². The predicted molar refractivity (Wildman–Crippen MR) is 66.0 cm³/mol. The second kappa shape index (κ2) is 5.07. The molecule has 2 heterocycles. The summed E-state index contributed by atoms with van der Waals surface area (Å²) >= 11 is 0. The maximum atomic E-state index is 5.59. The number of nitrogens with two attached hydrogens (primary N) is 1. The summed E-state index contributed by atoms with van der Waals surface area (Å²) in [7, 11) is 1.90. The number of aryl methyl sites for hydroxylation is 2. The molecule has 0 aromatic carbocycles. The molecule has 0 saturated heterocycles. The minimum absolute atomic E-state index is 0.0623. The van der Waals surface area contributed by atoms with E-state index in [0.29, 0.717) is 0 Å². The first-order valence-electron chi connectivity index (χ1n) is 5.55. The molecule has 2 aromatic rings. The Labute approximate surface area is 101 Å². The molecule has 5 heteroatoms. The lowest BCUT2D eigenvalue weighted by Crippen LogP contribution is -2.29. The highest BCUT2D eigenvalue weighted by molar-refractivity contribution is 5.20. The van der Waals surface area contributed by atoms with Gasteiger partial charge in [0, 0.05) is 25.1 Å². The molecule has 0 aliphatic heterocycles. The Morgan fingerprint density at radius 2 is 2.24 bits per heavy atom. The van der Waals surface area contributed by atoms with E-state index in [0.717, 1.165) is 23.2 Å². The molecular formula is C12H17N5. The van der Waals surface area contributed by atoms with Gasteiger partial charge in [-0.15, -0.1) is 0 Å². The van der Waals surface area contributed by atoms with Gasteiger partial charge < -0.3 is 0 Å². The number of hydrogen-bond donors (Lipinski definition) is 2. The van der Waals surface area contributed by atoms with E-state index >= 15 is 0 Å². The van der Waals surface area contributed by atoms with E-state index in [4.69, 9.17) is 5.84 Å². The van der Waals surface area contributed by atoms with Crippen LogP contribution in [0.1, 0.15) is 22.9 Å². The standard InChI is InChI=1S/C12H17N5/c1-9-3-4-11(7-14-9)12(16-13)5-10-6-15-17(2)8-10/h3-4,6-8,12,16H,5,13H2,1-2H3. The molecule has 0 bridgehead atoms. The van der Waals surface area contributed by atoms with Gasteiger partial charge in [0.2, 0.25) is 0 Å². The maximum absolute atomic E-state index is 5.59. The van der Waals surface area contributed by atoms with Crippen LogP contribution in [0.4, 0.5) is 0 Å². The average Bonchev–Trinajstić information content (AvgIpc) is 2.73. The minimum Gasteiger partial charge on any atom is -0.276 e. The third-order valence-corrected chi connectivity index (χ3v) is 2.74. The molecule has 1 unspecified atom stereocenters. The summed E-state index contributed by atoms with van der Waals surface area (Å²) in [6.07, 6.45) is 6.50. The summed E-state index contributed by atoms with van der Waals surface area (Å²) in [6, 6.07) is 4.10. The van der Waals surface area contributed by atoms with Crippen molar-refractivity contribution in [3.63, 3.8) is 0 Å². The van der Waals surface area contributed by atoms with Gasteiger partial charge in [0.05, 0.1) is 12.2 Å². The van der Waals surface area contributed by atoms with Crippen LogP contribution in [0.3, 0.4) is 0 Å². The quantitative estimate of drug-likeness (QED) is 0.605. The van der Waals surface area contributed by atoms with Gasteiger partial charge >= 0.3 is 0 Å². The molecule has 2 aromatic heterocycles. The lowest BCUT2D eigenvalue weighted by Gasteiger charge is -2.15. The van der Waals surface area contributed by atoms with Gasteiger partial charge in [-0.05, 0) is 30.5 Å². The van der Waals surface area contributed by atoms with E-state index < -0.39 is 0 Å². The zero-order chi connectivity index (χ0) is 12.3. The number of nitrogens with zero attached hydrogens (tertiary/aromatic N) is 3. The highest BCUT2D eigenvalue weighted by Crippen LogP contribution is 2.16. The number of hydrogen-bond acceptors (Lipinski definition) is 4. The van der Waals surface area contributed by atoms with Gasteiger partial charge in [0.25, 0.3) is 0 Å². The first-order valence-corrected chi connectivity index (χ1v) is 5.55. The van der Waals surface area contributed by atoms with Crippen molar-refractivity contribution >= 4 is 0 Å². The molecule has 0 radical (unpaired) electrons. The Kier molecular flexibility index (Phi) is 3.51. The molecule has 0 aliphatic carbocycles. The molecule has 5 nitrogen and oxygen atoms in total. The van der Waals surface area contributed by atoms with Crippen LogP contribution in [0.15, 0.2) is 30.7 Å². The van der Waals surface area contributed by atoms with Gasteiger partial charge in [-0.1, -0.05) is 6.07 Å². The molecule has 0 spiro atoms. The van der Waals surface area contributed by atoms with Crippen LogP contribution < -0.4 is 11.3 Å². The first-order chi connectivity index (χ1) is 8.19. The highest BCUT2D eigenvalue weighted by atomic mass is 15.2. The molecule has 90 valence electrons. The smallest absolute Gasteiger partial charge is 0.0522 e. The van der Waals surface area contributed by atoms with E-state index in [1.54, 1.807) is 4.68 Å². The monoisotopic (exact) mass is 231 g/mol. The van der Waals surface area contributed by atoms with Gasteiger partial charge in [-0.2, -0.15) is 5.10 Å². The van der Waals surface area contributed by atoms with Gasteiger partial charge in [-0.3, -0.25) is 20.9 Å². The Bertz CT molecular complexity index is 474. The average molecular weight is 231 g/mol. The Morgan fingerprint density at radius 3 is 2.76 bits per heavy atom. The zero-order valence-electron chi connectivity index (χ0n) is 10.1. The van der Waals surface area contributed by atoms with Crippen molar-refractivity contribution in [1.82, 2.24) is 20.2 Å². The summed E-state index contributed by atoms with van der Waals surface area (Å²) in [4.78, 5) is 4.28. The van der Waals surface area contributed by atoms with Crippen molar-refractivity contribution in [2.24, 2.45) is 12.9 Å². The zero-order valence-corrected chi connectivity index (χ0v) is 10.1. The van der Waals surface area contributed by atoms with Crippen LogP contribution in [0.5, 0.6) is 0 Å². The SMILES string of the molecule is Cc1ccc(C(Cc2cnn(C)c2)NN)cn1. The molecule has 1 atom stereocenters. The van der Waals surface area contributed by atoms with Crippen molar-refractivity contribution in [3.8, 4) is 0 Å². The molecule has 0 saturated carbocycles. The predicted octanol–water partition coefficient (Wildman–Crippen LogP) is 0.871. The first kappa shape index (κ1) is 11.8. The van der Waals surface area contributed by atoms with Crippen LogP contribution >= 0.6 is 0 Å². The van der Waals surface area contributed by atoms with Crippen molar-refractivity contribution in [1.29, 1.82) is 0 Å². The fourth-order valence-corrected chi connectivity index (χ4v) is 1.77. The van der Waals surface area contributed by atoms with E-state index in [1.807, 2.05) is 44.7 Å². The Hall–Kier alpha value is -1.72.